The highest BCUT2D eigenvalue weighted by atomic mass is 35.5. The first-order valence-electron chi connectivity index (χ1n) is 8.12. The van der Waals surface area contributed by atoms with Crippen LogP contribution >= 0.6 is 23.4 Å². The summed E-state index contributed by atoms with van der Waals surface area (Å²) >= 11 is 7.30. The maximum Gasteiger partial charge on any atom is 0.237 e. The van der Waals surface area contributed by atoms with E-state index < -0.39 is 5.25 Å². The van der Waals surface area contributed by atoms with Gasteiger partial charge in [0.2, 0.25) is 5.91 Å². The molecule has 3 rings (SSSR count). The number of thioether (sulfide) groups is 1. The molecule has 9 heteroatoms. The number of nitrogens with one attached hydrogen (secondary N) is 1. The first kappa shape index (κ1) is 19.1. The predicted molar refractivity (Wildman–Crippen MR) is 107 cm³/mol. The minimum Gasteiger partial charge on any atom is -0.322 e. The lowest BCUT2D eigenvalue weighted by atomic mass is 10.3. The van der Waals surface area contributed by atoms with Crippen LogP contribution in [0.5, 0.6) is 0 Å². The Bertz CT molecular complexity index is 946. The van der Waals surface area contributed by atoms with Crippen LogP contribution in [-0.4, -0.2) is 35.9 Å². The van der Waals surface area contributed by atoms with Crippen LogP contribution in [0.1, 0.15) is 6.92 Å². The molecular weight excluding hydrogens is 384 g/mol. The summed E-state index contributed by atoms with van der Waals surface area (Å²) in [6.45, 7) is 6.10. The second kappa shape index (κ2) is 8.79. The molecular formula is C18H17ClN6OS. The summed E-state index contributed by atoms with van der Waals surface area (Å²) in [4.78, 5) is 20.6. The van der Waals surface area contributed by atoms with Gasteiger partial charge in [-0.15, -0.1) is 16.8 Å². The summed E-state index contributed by atoms with van der Waals surface area (Å²) in [6.07, 6.45) is 6.74. The van der Waals surface area contributed by atoms with Crippen LogP contribution in [0.15, 0.2) is 60.7 Å². The summed E-state index contributed by atoms with van der Waals surface area (Å²) in [5.74, 6) is 0.472. The molecule has 0 aliphatic rings. The first-order valence-corrected chi connectivity index (χ1v) is 9.38. The Labute approximate surface area is 165 Å². The fraction of sp³-hybridized carbons (Fsp3) is 0.167. The van der Waals surface area contributed by atoms with E-state index in [1.807, 2.05) is 16.7 Å². The SMILES string of the molecule is C=CCn1c(S[C@H](C)C(=O)Nc2cccnc2Cl)nnc1-c1cccnc1. The lowest BCUT2D eigenvalue weighted by molar-refractivity contribution is -0.115. The molecule has 27 heavy (non-hydrogen) atoms. The standard InChI is InChI=1S/C18H17ClN6OS/c1-3-10-25-16(13-6-4-8-20-11-13)23-24-18(25)27-12(2)17(26)22-14-7-5-9-21-15(14)19/h3-9,11-12H,1,10H2,2H3,(H,22,26)/t12-/m1/s1. The molecule has 3 aromatic heterocycles. The number of halogens is 1. The predicted octanol–water partition coefficient (Wildman–Crippen LogP) is 3.69. The van der Waals surface area contributed by atoms with E-state index in [-0.39, 0.29) is 11.1 Å². The Balaban J connectivity index is 1.78. The summed E-state index contributed by atoms with van der Waals surface area (Å²) in [5.41, 5.74) is 1.32. The second-order valence-corrected chi connectivity index (χ2v) is 7.20. The normalized spacial score (nSPS) is 11.8. The first-order chi connectivity index (χ1) is 13.1. The zero-order valence-corrected chi connectivity index (χ0v) is 16.1. The molecule has 7 nitrogen and oxygen atoms in total. The number of allylic oxidation sites excluding steroid dienone is 1. The molecule has 0 spiro atoms. The molecule has 0 unspecified atom stereocenters. The Morgan fingerprint density at radius 3 is 2.89 bits per heavy atom. The highest BCUT2D eigenvalue weighted by Crippen LogP contribution is 2.27. The molecule has 0 radical (unpaired) electrons. The van der Waals surface area contributed by atoms with Gasteiger partial charge in [-0.05, 0) is 31.2 Å². The monoisotopic (exact) mass is 400 g/mol. The second-order valence-electron chi connectivity index (χ2n) is 5.54. The van der Waals surface area contributed by atoms with Gasteiger partial charge in [-0.1, -0.05) is 29.4 Å². The molecule has 3 heterocycles. The molecule has 1 N–H and O–H groups in total. The van der Waals surface area contributed by atoms with Gasteiger partial charge in [0.05, 0.1) is 10.9 Å². The van der Waals surface area contributed by atoms with Crippen molar-refractivity contribution in [2.45, 2.75) is 23.9 Å². The van der Waals surface area contributed by atoms with Crippen LogP contribution in [0.4, 0.5) is 5.69 Å². The van der Waals surface area contributed by atoms with Crippen LogP contribution < -0.4 is 5.32 Å². The summed E-state index contributed by atoms with van der Waals surface area (Å²) < 4.78 is 1.90. The number of carbonyl (C=O) groups is 1. The molecule has 0 saturated carbocycles. The smallest absolute Gasteiger partial charge is 0.237 e. The van der Waals surface area contributed by atoms with Gasteiger partial charge in [-0.2, -0.15) is 0 Å². The quantitative estimate of drug-likeness (QED) is 0.370. The third-order valence-electron chi connectivity index (χ3n) is 3.62. The number of carbonyl (C=O) groups excluding carboxylic acids is 1. The molecule has 138 valence electrons. The molecule has 0 bridgehead atoms. The number of amides is 1. The summed E-state index contributed by atoms with van der Waals surface area (Å²) in [5, 5.41) is 11.7. The van der Waals surface area contributed by atoms with E-state index in [0.717, 1.165) is 5.56 Å². The van der Waals surface area contributed by atoms with Crippen molar-refractivity contribution >= 4 is 35.0 Å². The number of pyridine rings is 2. The van der Waals surface area contributed by atoms with Crippen LogP contribution in [-0.2, 0) is 11.3 Å². The molecule has 0 aromatic carbocycles. The fourth-order valence-electron chi connectivity index (χ4n) is 2.30. The molecule has 0 aliphatic heterocycles. The van der Waals surface area contributed by atoms with E-state index in [9.17, 15) is 4.79 Å². The highest BCUT2D eigenvalue weighted by molar-refractivity contribution is 8.00. The van der Waals surface area contributed by atoms with E-state index in [0.29, 0.717) is 23.2 Å². The maximum atomic E-state index is 12.5. The minimum atomic E-state index is -0.421. The lowest BCUT2D eigenvalue weighted by Crippen LogP contribution is -2.23. The van der Waals surface area contributed by atoms with Gasteiger partial charge < -0.3 is 5.32 Å². The number of aromatic nitrogens is 5. The number of hydrogen-bond donors (Lipinski definition) is 1. The van der Waals surface area contributed by atoms with E-state index >= 15 is 0 Å². The fourth-order valence-corrected chi connectivity index (χ4v) is 3.33. The number of anilines is 1. The van der Waals surface area contributed by atoms with Crippen molar-refractivity contribution < 1.29 is 4.79 Å². The van der Waals surface area contributed by atoms with Crippen LogP contribution in [0, 0.1) is 0 Å². The maximum absolute atomic E-state index is 12.5. The Kier molecular flexibility index (Phi) is 6.20. The van der Waals surface area contributed by atoms with Crippen molar-refractivity contribution in [2.24, 2.45) is 0 Å². The Morgan fingerprint density at radius 1 is 1.37 bits per heavy atom. The van der Waals surface area contributed by atoms with Crippen LogP contribution in [0.2, 0.25) is 5.15 Å². The third kappa shape index (κ3) is 4.53. The number of rotatable bonds is 7. The third-order valence-corrected chi connectivity index (χ3v) is 5.00. The van der Waals surface area contributed by atoms with E-state index in [4.69, 9.17) is 11.6 Å². The van der Waals surface area contributed by atoms with Gasteiger partial charge in [0.25, 0.3) is 0 Å². The van der Waals surface area contributed by atoms with Crippen molar-refractivity contribution in [3.63, 3.8) is 0 Å². The topological polar surface area (TPSA) is 85.6 Å². The molecule has 3 aromatic rings. The Morgan fingerprint density at radius 2 is 2.19 bits per heavy atom. The van der Waals surface area contributed by atoms with E-state index in [1.54, 1.807) is 43.7 Å². The van der Waals surface area contributed by atoms with Crippen molar-refractivity contribution in [1.29, 1.82) is 0 Å². The zero-order valence-electron chi connectivity index (χ0n) is 14.5. The van der Waals surface area contributed by atoms with E-state index in [1.165, 1.54) is 11.8 Å². The largest absolute Gasteiger partial charge is 0.322 e. The van der Waals surface area contributed by atoms with Gasteiger partial charge in [0.15, 0.2) is 16.1 Å². The van der Waals surface area contributed by atoms with Gasteiger partial charge in [-0.25, -0.2) is 4.98 Å². The Hall–Kier alpha value is -2.71. The van der Waals surface area contributed by atoms with Gasteiger partial charge in [0.1, 0.15) is 0 Å². The average molecular weight is 401 g/mol. The molecule has 1 amide bonds. The zero-order chi connectivity index (χ0) is 19.2. The molecule has 0 fully saturated rings. The van der Waals surface area contributed by atoms with Gasteiger partial charge >= 0.3 is 0 Å². The number of hydrogen-bond acceptors (Lipinski definition) is 6. The van der Waals surface area contributed by atoms with E-state index in [2.05, 4.69) is 32.1 Å². The van der Waals surface area contributed by atoms with Crippen molar-refractivity contribution in [1.82, 2.24) is 24.7 Å². The van der Waals surface area contributed by atoms with Crippen molar-refractivity contribution in [3.8, 4) is 11.4 Å². The van der Waals surface area contributed by atoms with Crippen LogP contribution in [0.3, 0.4) is 0 Å². The summed E-state index contributed by atoms with van der Waals surface area (Å²) in [6, 6.07) is 7.15. The number of nitrogens with zero attached hydrogens (tertiary/aromatic N) is 5. The van der Waals surface area contributed by atoms with Crippen molar-refractivity contribution in [3.05, 3.63) is 60.7 Å². The lowest BCUT2D eigenvalue weighted by Gasteiger charge is -2.13. The minimum absolute atomic E-state index is 0.203. The molecule has 0 saturated heterocycles. The molecule has 1 atom stereocenters. The van der Waals surface area contributed by atoms with Crippen molar-refractivity contribution in [2.75, 3.05) is 5.32 Å². The highest BCUT2D eigenvalue weighted by Gasteiger charge is 2.21. The average Bonchev–Trinajstić information content (AvgIpc) is 3.07. The van der Waals surface area contributed by atoms with Gasteiger partial charge in [-0.3, -0.25) is 14.3 Å². The van der Waals surface area contributed by atoms with Crippen LogP contribution in [0.25, 0.3) is 11.4 Å². The summed E-state index contributed by atoms with van der Waals surface area (Å²) in [7, 11) is 0. The molecule has 0 aliphatic carbocycles. The van der Waals surface area contributed by atoms with Gasteiger partial charge in [0, 0.05) is 30.7 Å².